The maximum Gasteiger partial charge on any atom is 0.293 e. The fraction of sp³-hybridized carbons (Fsp3) is 0.355. The average molecular weight is 535 g/mol. The largest absolute Gasteiger partial charge is 0.467 e. The molecule has 0 fully saturated rings. The van der Waals surface area contributed by atoms with E-state index >= 15 is 0 Å². The van der Waals surface area contributed by atoms with Crippen LogP contribution in [0.4, 0.5) is 0 Å². The van der Waals surface area contributed by atoms with Crippen molar-refractivity contribution < 1.29 is 28.2 Å². The van der Waals surface area contributed by atoms with E-state index in [0.29, 0.717) is 32.8 Å². The lowest BCUT2D eigenvalue weighted by Crippen LogP contribution is -2.67. The molecule has 0 amide bonds. The van der Waals surface area contributed by atoms with Gasteiger partial charge in [0.2, 0.25) is 0 Å². The topological polar surface area (TPSA) is 71.1 Å². The fourth-order valence-electron chi connectivity index (χ4n) is 4.86. The van der Waals surface area contributed by atoms with E-state index in [9.17, 15) is 9.59 Å². The fourth-order valence-corrected chi connectivity index (χ4v) is 9.48. The van der Waals surface area contributed by atoms with Gasteiger partial charge in [-0.15, -0.1) is 0 Å². The molecule has 0 radical (unpaired) electrons. The predicted octanol–water partition coefficient (Wildman–Crippen LogP) is 4.36. The van der Waals surface area contributed by atoms with E-state index in [1.807, 2.05) is 66.7 Å². The summed E-state index contributed by atoms with van der Waals surface area (Å²) >= 11 is 0. The van der Waals surface area contributed by atoms with Crippen LogP contribution < -0.4 is 10.4 Å². The Bertz CT molecular complexity index is 1050. The summed E-state index contributed by atoms with van der Waals surface area (Å²) in [6, 6.07) is 30.6. The Hall–Kier alpha value is -3.26. The van der Waals surface area contributed by atoms with Gasteiger partial charge < -0.3 is 18.6 Å². The van der Waals surface area contributed by atoms with E-state index in [0.717, 1.165) is 15.9 Å². The van der Waals surface area contributed by atoms with Crippen LogP contribution in [0.3, 0.4) is 0 Å². The van der Waals surface area contributed by atoms with Crippen LogP contribution >= 0.6 is 0 Å². The molecule has 38 heavy (non-hydrogen) atoms. The molecule has 0 spiro atoms. The molecule has 0 N–H and O–H groups in total. The van der Waals surface area contributed by atoms with E-state index < -0.39 is 8.32 Å². The van der Waals surface area contributed by atoms with Crippen LogP contribution in [0.15, 0.2) is 91.0 Å². The Morgan fingerprint density at radius 3 is 1.55 bits per heavy atom. The van der Waals surface area contributed by atoms with Gasteiger partial charge in [0.15, 0.2) is 0 Å². The van der Waals surface area contributed by atoms with Crippen molar-refractivity contribution in [2.75, 3.05) is 26.4 Å². The predicted molar refractivity (Wildman–Crippen MR) is 151 cm³/mol. The Morgan fingerprint density at radius 2 is 1.11 bits per heavy atom. The zero-order valence-corrected chi connectivity index (χ0v) is 23.5. The van der Waals surface area contributed by atoms with Crippen molar-refractivity contribution in [3.63, 3.8) is 0 Å². The summed E-state index contributed by atoms with van der Waals surface area (Å²) in [4.78, 5) is 22.3. The van der Waals surface area contributed by atoms with Crippen LogP contribution in [0.1, 0.15) is 26.3 Å². The maximum absolute atomic E-state index is 11.2. The number of carbonyl (C=O) groups excluding carboxylic acids is 2. The van der Waals surface area contributed by atoms with Crippen LogP contribution in [0.5, 0.6) is 0 Å². The highest BCUT2D eigenvalue weighted by molar-refractivity contribution is 6.99. The molecule has 0 unspecified atom stereocenters. The highest BCUT2D eigenvalue weighted by atomic mass is 28.4. The quantitative estimate of drug-likeness (QED) is 0.201. The van der Waals surface area contributed by atoms with Crippen LogP contribution in [0.2, 0.25) is 5.04 Å². The standard InChI is InChI=1S/C31H38O6Si/c1-31(2,3)38(29-15-9-5-10-16-29,30-17-11-6-12-18-30)37-23-28(22-36-25-33)27(21-35-24-32)20-34-19-26-13-7-4-8-14-26/h4-18,24-25,27-28H,19-23H2,1-3H3/t27-,28+/m0/s1. The summed E-state index contributed by atoms with van der Waals surface area (Å²) in [5.74, 6) is -0.486. The van der Waals surface area contributed by atoms with Gasteiger partial charge in [0.1, 0.15) is 0 Å². The molecule has 0 aromatic heterocycles. The molecule has 7 heteroatoms. The molecule has 0 aliphatic heterocycles. The van der Waals surface area contributed by atoms with E-state index in [2.05, 4.69) is 45.0 Å². The van der Waals surface area contributed by atoms with Crippen molar-refractivity contribution >= 4 is 31.6 Å². The summed E-state index contributed by atoms with van der Waals surface area (Å²) in [6.07, 6.45) is 0. The molecule has 3 rings (SSSR count). The SMILES string of the molecule is CC(C)(C)[Si](OC[C@@H](COC=O)[C@H](COC=O)COCc1ccccc1)(c1ccccc1)c1ccccc1. The van der Waals surface area contributed by atoms with E-state index in [1.54, 1.807) is 0 Å². The van der Waals surface area contributed by atoms with E-state index in [4.69, 9.17) is 18.6 Å². The summed E-state index contributed by atoms with van der Waals surface area (Å²) in [5.41, 5.74) is 1.05. The van der Waals surface area contributed by atoms with E-state index in [-0.39, 0.29) is 30.1 Å². The van der Waals surface area contributed by atoms with Crippen molar-refractivity contribution in [3.05, 3.63) is 96.6 Å². The van der Waals surface area contributed by atoms with Gasteiger partial charge in [0.05, 0.1) is 26.4 Å². The Morgan fingerprint density at radius 1 is 0.658 bits per heavy atom. The van der Waals surface area contributed by atoms with Crippen LogP contribution in [0.25, 0.3) is 0 Å². The molecule has 0 aliphatic rings. The Labute approximate surface area is 227 Å². The van der Waals surface area contributed by atoms with Gasteiger partial charge in [-0.2, -0.15) is 0 Å². The minimum absolute atomic E-state index is 0.128. The summed E-state index contributed by atoms with van der Waals surface area (Å²) in [5, 5.41) is 2.12. The van der Waals surface area contributed by atoms with Crippen molar-refractivity contribution in [2.45, 2.75) is 32.4 Å². The molecule has 0 bridgehead atoms. The third-order valence-corrected chi connectivity index (χ3v) is 11.8. The zero-order chi connectivity index (χ0) is 27.3. The third-order valence-electron chi connectivity index (χ3n) is 6.80. The Balaban J connectivity index is 1.91. The monoisotopic (exact) mass is 534 g/mol. The number of carbonyl (C=O) groups is 2. The summed E-state index contributed by atoms with van der Waals surface area (Å²) < 4.78 is 23.5. The van der Waals surface area contributed by atoms with Gasteiger partial charge in [-0.05, 0) is 21.0 Å². The minimum atomic E-state index is -2.81. The second kappa shape index (κ2) is 14.6. The first kappa shape index (κ1) is 29.3. The molecule has 0 saturated heterocycles. The van der Waals surface area contributed by atoms with Crippen molar-refractivity contribution in [3.8, 4) is 0 Å². The summed E-state index contributed by atoms with van der Waals surface area (Å²) in [7, 11) is -2.81. The van der Waals surface area contributed by atoms with Crippen molar-refractivity contribution in [1.82, 2.24) is 0 Å². The van der Waals surface area contributed by atoms with Crippen LogP contribution in [-0.2, 0) is 34.8 Å². The number of hydrogen-bond donors (Lipinski definition) is 0. The highest BCUT2D eigenvalue weighted by Gasteiger charge is 2.50. The van der Waals surface area contributed by atoms with Crippen molar-refractivity contribution in [2.24, 2.45) is 11.8 Å². The van der Waals surface area contributed by atoms with Gasteiger partial charge in [-0.3, -0.25) is 9.59 Å². The lowest BCUT2D eigenvalue weighted by molar-refractivity contribution is -0.136. The molecule has 6 nitrogen and oxygen atoms in total. The van der Waals surface area contributed by atoms with Crippen molar-refractivity contribution in [1.29, 1.82) is 0 Å². The molecule has 0 saturated carbocycles. The highest BCUT2D eigenvalue weighted by Crippen LogP contribution is 2.37. The molecule has 202 valence electrons. The summed E-state index contributed by atoms with van der Waals surface area (Å²) in [6.45, 7) is 8.84. The molecule has 3 aromatic carbocycles. The van der Waals surface area contributed by atoms with Gasteiger partial charge in [0, 0.05) is 18.4 Å². The second-order valence-corrected chi connectivity index (χ2v) is 14.7. The number of ether oxygens (including phenoxy) is 3. The molecule has 0 heterocycles. The Kier molecular flexibility index (Phi) is 11.3. The first-order chi connectivity index (χ1) is 18.4. The van der Waals surface area contributed by atoms with Gasteiger partial charge >= 0.3 is 0 Å². The zero-order valence-electron chi connectivity index (χ0n) is 22.5. The molecular formula is C31H38O6Si. The van der Waals surface area contributed by atoms with E-state index in [1.165, 1.54) is 0 Å². The van der Waals surface area contributed by atoms with Crippen LogP contribution in [-0.4, -0.2) is 47.7 Å². The normalized spacial score (nSPS) is 13.3. The smallest absolute Gasteiger partial charge is 0.293 e. The third kappa shape index (κ3) is 7.63. The first-order valence-corrected chi connectivity index (χ1v) is 14.8. The minimum Gasteiger partial charge on any atom is -0.467 e. The average Bonchev–Trinajstić information content (AvgIpc) is 2.94. The number of benzene rings is 3. The van der Waals surface area contributed by atoms with Gasteiger partial charge in [0.25, 0.3) is 21.3 Å². The van der Waals surface area contributed by atoms with Gasteiger partial charge in [-0.25, -0.2) is 0 Å². The second-order valence-electron chi connectivity index (χ2n) is 10.4. The lowest BCUT2D eigenvalue weighted by Gasteiger charge is -2.44. The molecule has 3 aromatic rings. The first-order valence-electron chi connectivity index (χ1n) is 12.9. The number of rotatable bonds is 16. The lowest BCUT2D eigenvalue weighted by atomic mass is 9.95. The molecule has 0 aliphatic carbocycles. The molecule has 2 atom stereocenters. The van der Waals surface area contributed by atoms with Gasteiger partial charge in [-0.1, -0.05) is 112 Å². The molecular weight excluding hydrogens is 496 g/mol. The number of hydrogen-bond acceptors (Lipinski definition) is 6. The maximum atomic E-state index is 11.2. The van der Waals surface area contributed by atoms with Crippen LogP contribution in [0, 0.1) is 11.8 Å².